The predicted octanol–water partition coefficient (Wildman–Crippen LogP) is 3.33. The molecule has 0 bridgehead atoms. The van der Waals surface area contributed by atoms with Crippen LogP contribution in [0.15, 0.2) is 36.5 Å². The molecule has 60 valence electrons. The molecule has 2 atom stereocenters. The molecule has 0 aromatic carbocycles. The van der Waals surface area contributed by atoms with Crippen LogP contribution in [-0.4, -0.2) is 0 Å². The summed E-state index contributed by atoms with van der Waals surface area (Å²) < 4.78 is 0. The van der Waals surface area contributed by atoms with Crippen molar-refractivity contribution in [1.82, 2.24) is 0 Å². The summed E-state index contributed by atoms with van der Waals surface area (Å²) in [5, 5.41) is 0. The van der Waals surface area contributed by atoms with E-state index in [-0.39, 0.29) is 0 Å². The fraction of sp³-hybridized carbons (Fsp3) is 0.455. The fourth-order valence-electron chi connectivity index (χ4n) is 1.53. The second-order valence-corrected chi connectivity index (χ2v) is 3.54. The van der Waals surface area contributed by atoms with E-state index in [1.165, 1.54) is 16.7 Å². The van der Waals surface area contributed by atoms with Crippen molar-refractivity contribution in [2.45, 2.75) is 20.3 Å². The minimum absolute atomic E-state index is 0.443. The van der Waals surface area contributed by atoms with Crippen LogP contribution in [0.4, 0.5) is 0 Å². The van der Waals surface area contributed by atoms with Crippen LogP contribution in [-0.2, 0) is 0 Å². The largest absolute Gasteiger partial charge is 0.0992 e. The van der Waals surface area contributed by atoms with Crippen molar-refractivity contribution < 1.29 is 0 Å². The first-order chi connectivity index (χ1) is 5.04. The molecule has 1 rings (SSSR count). The highest BCUT2D eigenvalue weighted by Crippen LogP contribution is 2.38. The molecule has 0 aromatic heterocycles. The standard InChI is InChI=1S/C11H16/c1-7-6-8(2)10(4)11(5)9(7)3/h8-9H,1,4-6H2,2-3H3/t8-,9?/m0/s1. The highest BCUT2D eigenvalue weighted by Gasteiger charge is 2.24. The van der Waals surface area contributed by atoms with Crippen LogP contribution >= 0.6 is 0 Å². The topological polar surface area (TPSA) is 0 Å². The van der Waals surface area contributed by atoms with Gasteiger partial charge >= 0.3 is 0 Å². The lowest BCUT2D eigenvalue weighted by Gasteiger charge is -2.30. The molecular weight excluding hydrogens is 132 g/mol. The Labute approximate surface area is 69.3 Å². The van der Waals surface area contributed by atoms with E-state index in [2.05, 4.69) is 33.6 Å². The summed E-state index contributed by atoms with van der Waals surface area (Å²) in [6, 6.07) is 0. The summed E-state index contributed by atoms with van der Waals surface area (Å²) in [7, 11) is 0. The summed E-state index contributed by atoms with van der Waals surface area (Å²) >= 11 is 0. The van der Waals surface area contributed by atoms with Crippen molar-refractivity contribution in [3.05, 3.63) is 36.5 Å². The molecule has 1 fully saturated rings. The maximum absolute atomic E-state index is 4.03. The van der Waals surface area contributed by atoms with Crippen LogP contribution < -0.4 is 0 Å². The van der Waals surface area contributed by atoms with Gasteiger partial charge in [-0.15, -0.1) is 0 Å². The Bertz CT molecular complexity index is 220. The second-order valence-electron chi connectivity index (χ2n) is 3.54. The van der Waals surface area contributed by atoms with Crippen molar-refractivity contribution in [3.63, 3.8) is 0 Å². The van der Waals surface area contributed by atoms with E-state index in [0.29, 0.717) is 11.8 Å². The Morgan fingerprint density at radius 3 is 2.18 bits per heavy atom. The SMILES string of the molecule is C=C1C[C@H](C)C(=C)C(=C)C1C. The van der Waals surface area contributed by atoms with E-state index in [4.69, 9.17) is 0 Å². The van der Waals surface area contributed by atoms with Crippen LogP contribution in [0.3, 0.4) is 0 Å². The van der Waals surface area contributed by atoms with Crippen LogP contribution in [0, 0.1) is 11.8 Å². The van der Waals surface area contributed by atoms with E-state index in [1.807, 2.05) is 0 Å². The van der Waals surface area contributed by atoms with Gasteiger partial charge in [0, 0.05) is 5.92 Å². The molecule has 0 aromatic rings. The molecule has 0 saturated heterocycles. The lowest BCUT2D eigenvalue weighted by molar-refractivity contribution is 0.572. The molecule has 11 heavy (non-hydrogen) atoms. The maximum atomic E-state index is 4.03. The van der Waals surface area contributed by atoms with Gasteiger partial charge in [-0.05, 0) is 23.5 Å². The molecule has 0 N–H and O–H groups in total. The highest BCUT2D eigenvalue weighted by molar-refractivity contribution is 5.38. The van der Waals surface area contributed by atoms with Gasteiger partial charge in [0.05, 0.1) is 0 Å². The summed E-state index contributed by atoms with van der Waals surface area (Å²) in [5.41, 5.74) is 3.69. The van der Waals surface area contributed by atoms with Crippen LogP contribution in [0.25, 0.3) is 0 Å². The van der Waals surface area contributed by atoms with Gasteiger partial charge in [-0.2, -0.15) is 0 Å². The van der Waals surface area contributed by atoms with Crippen molar-refractivity contribution >= 4 is 0 Å². The van der Waals surface area contributed by atoms with Gasteiger partial charge in [0.1, 0.15) is 0 Å². The first-order valence-electron chi connectivity index (χ1n) is 4.09. The van der Waals surface area contributed by atoms with E-state index in [9.17, 15) is 0 Å². The molecular formula is C11H16. The number of allylic oxidation sites excluding steroid dienone is 3. The monoisotopic (exact) mass is 148 g/mol. The first-order valence-corrected chi connectivity index (χ1v) is 4.09. The van der Waals surface area contributed by atoms with Crippen LogP contribution in [0.2, 0.25) is 0 Å². The minimum Gasteiger partial charge on any atom is -0.0992 e. The van der Waals surface area contributed by atoms with Crippen LogP contribution in [0.5, 0.6) is 0 Å². The van der Waals surface area contributed by atoms with E-state index < -0.39 is 0 Å². The Hall–Kier alpha value is -0.780. The normalized spacial score (nSPS) is 32.7. The molecule has 0 radical (unpaired) electrons. The van der Waals surface area contributed by atoms with Crippen LogP contribution in [0.1, 0.15) is 20.3 Å². The Morgan fingerprint density at radius 2 is 1.64 bits per heavy atom. The first kappa shape index (κ1) is 8.32. The average molecular weight is 148 g/mol. The third-order valence-corrected chi connectivity index (χ3v) is 2.71. The summed E-state index contributed by atoms with van der Waals surface area (Å²) in [6.07, 6.45) is 1.08. The van der Waals surface area contributed by atoms with Gasteiger partial charge < -0.3 is 0 Å². The number of rotatable bonds is 0. The second kappa shape index (κ2) is 2.69. The number of hydrogen-bond acceptors (Lipinski definition) is 0. The van der Waals surface area contributed by atoms with Crippen molar-refractivity contribution in [2.24, 2.45) is 11.8 Å². The molecule has 0 nitrogen and oxygen atoms in total. The molecule has 1 saturated carbocycles. The van der Waals surface area contributed by atoms with E-state index >= 15 is 0 Å². The average Bonchev–Trinajstić information content (AvgIpc) is 1.97. The van der Waals surface area contributed by atoms with Crippen molar-refractivity contribution in [2.75, 3.05) is 0 Å². The third kappa shape index (κ3) is 1.30. The minimum atomic E-state index is 0.443. The number of hydrogen-bond donors (Lipinski definition) is 0. The van der Waals surface area contributed by atoms with E-state index in [0.717, 1.165) is 6.42 Å². The molecule has 0 aliphatic heterocycles. The highest BCUT2D eigenvalue weighted by atomic mass is 14.3. The molecule has 1 aliphatic rings. The van der Waals surface area contributed by atoms with Gasteiger partial charge in [0.15, 0.2) is 0 Å². The quantitative estimate of drug-likeness (QED) is 0.462. The maximum Gasteiger partial charge on any atom is 0.00140 e. The Kier molecular flexibility index (Phi) is 2.03. The zero-order valence-electron chi connectivity index (χ0n) is 7.48. The van der Waals surface area contributed by atoms with Gasteiger partial charge in [-0.3, -0.25) is 0 Å². The van der Waals surface area contributed by atoms with Crippen molar-refractivity contribution in [1.29, 1.82) is 0 Å². The van der Waals surface area contributed by atoms with Gasteiger partial charge in [-0.1, -0.05) is 39.2 Å². The summed E-state index contributed by atoms with van der Waals surface area (Å²) in [5.74, 6) is 0.991. The molecule has 0 heteroatoms. The zero-order valence-corrected chi connectivity index (χ0v) is 7.48. The predicted molar refractivity (Wildman–Crippen MR) is 50.4 cm³/mol. The van der Waals surface area contributed by atoms with Gasteiger partial charge in [0.2, 0.25) is 0 Å². The Balaban J connectivity index is 2.87. The third-order valence-electron chi connectivity index (χ3n) is 2.71. The zero-order chi connectivity index (χ0) is 8.59. The molecule has 1 aliphatic carbocycles. The molecule has 0 spiro atoms. The fourth-order valence-corrected chi connectivity index (χ4v) is 1.53. The lowest BCUT2D eigenvalue weighted by Crippen LogP contribution is -2.17. The summed E-state index contributed by atoms with van der Waals surface area (Å²) in [4.78, 5) is 0. The summed E-state index contributed by atoms with van der Waals surface area (Å²) in [6.45, 7) is 16.4. The lowest BCUT2D eigenvalue weighted by atomic mass is 9.75. The molecule has 1 unspecified atom stereocenters. The Morgan fingerprint density at radius 1 is 1.09 bits per heavy atom. The molecule has 0 heterocycles. The van der Waals surface area contributed by atoms with E-state index in [1.54, 1.807) is 0 Å². The van der Waals surface area contributed by atoms with Gasteiger partial charge in [-0.25, -0.2) is 0 Å². The smallest absolute Gasteiger partial charge is 0.00140 e. The van der Waals surface area contributed by atoms with Crippen molar-refractivity contribution in [3.8, 4) is 0 Å². The molecule has 0 amide bonds. The van der Waals surface area contributed by atoms with Gasteiger partial charge in [0.25, 0.3) is 0 Å².